The van der Waals surface area contributed by atoms with Crippen molar-refractivity contribution in [2.24, 2.45) is 0 Å². The first kappa shape index (κ1) is 25.6. The standard InChI is InChI=1S/C24H32FIN4O3/c1-4-32-11-9-30(2)8-5-10-33-23-13-19-21(14-22(23)31-3)27-16-28-24(19)29-18-6-7-20(25)17(12-18)15-26/h6-7,13-14,16,18H,4-5,8-12,15H2,1-3H3,(H,27,28,29). The van der Waals surface area contributed by atoms with Crippen LogP contribution in [-0.2, 0) is 4.74 Å². The minimum absolute atomic E-state index is 0.0361. The monoisotopic (exact) mass is 570 g/mol. The lowest BCUT2D eigenvalue weighted by atomic mass is 10.0. The van der Waals surface area contributed by atoms with Crippen LogP contribution >= 0.6 is 22.6 Å². The molecule has 0 saturated carbocycles. The van der Waals surface area contributed by atoms with E-state index in [2.05, 4.69) is 49.8 Å². The third kappa shape index (κ3) is 7.25. The number of nitrogens with one attached hydrogen (secondary N) is 1. The van der Waals surface area contributed by atoms with Crippen molar-refractivity contribution in [1.29, 1.82) is 0 Å². The van der Waals surface area contributed by atoms with E-state index in [0.29, 0.717) is 34.8 Å². The number of nitrogens with zero attached hydrogens (tertiary/aromatic N) is 3. The second-order valence-corrected chi connectivity index (χ2v) is 8.61. The van der Waals surface area contributed by atoms with Crippen molar-refractivity contribution in [2.75, 3.05) is 56.8 Å². The van der Waals surface area contributed by atoms with Gasteiger partial charge in [0.1, 0.15) is 18.0 Å². The summed E-state index contributed by atoms with van der Waals surface area (Å²) in [5, 5.41) is 4.26. The fourth-order valence-electron chi connectivity index (χ4n) is 3.59. The highest BCUT2D eigenvalue weighted by molar-refractivity contribution is 14.1. The largest absolute Gasteiger partial charge is 0.493 e. The summed E-state index contributed by atoms with van der Waals surface area (Å²) >= 11 is 2.19. The Morgan fingerprint density at radius 2 is 2.06 bits per heavy atom. The normalized spacial score (nSPS) is 16.0. The Bertz CT molecular complexity index is 986. The van der Waals surface area contributed by atoms with Crippen molar-refractivity contribution in [3.8, 4) is 11.5 Å². The number of rotatable bonds is 13. The van der Waals surface area contributed by atoms with E-state index in [-0.39, 0.29) is 11.9 Å². The molecule has 0 spiro atoms. The Hall–Kier alpha value is -1.98. The van der Waals surface area contributed by atoms with Crippen molar-refractivity contribution < 1.29 is 18.6 Å². The summed E-state index contributed by atoms with van der Waals surface area (Å²) in [4.78, 5) is 11.1. The number of aromatic nitrogens is 2. The lowest BCUT2D eigenvalue weighted by molar-refractivity contribution is 0.120. The lowest BCUT2D eigenvalue weighted by Gasteiger charge is -2.21. The minimum atomic E-state index is -0.140. The number of ether oxygens (including phenoxy) is 3. The maximum atomic E-state index is 13.9. The zero-order valence-electron chi connectivity index (χ0n) is 19.4. The van der Waals surface area contributed by atoms with Gasteiger partial charge in [0.15, 0.2) is 11.5 Å². The van der Waals surface area contributed by atoms with Gasteiger partial charge in [-0.1, -0.05) is 28.7 Å². The lowest BCUT2D eigenvalue weighted by Crippen LogP contribution is -2.25. The molecule has 0 saturated heterocycles. The quantitative estimate of drug-likeness (QED) is 0.211. The van der Waals surface area contributed by atoms with Gasteiger partial charge in [-0.3, -0.25) is 0 Å². The molecule has 1 atom stereocenters. The van der Waals surface area contributed by atoms with Crippen LogP contribution in [0.15, 0.2) is 42.0 Å². The third-order valence-electron chi connectivity index (χ3n) is 5.45. The summed E-state index contributed by atoms with van der Waals surface area (Å²) in [5.74, 6) is 1.83. The molecule has 1 heterocycles. The Kier molecular flexibility index (Phi) is 10.1. The minimum Gasteiger partial charge on any atom is -0.493 e. The third-order valence-corrected chi connectivity index (χ3v) is 6.37. The average molecular weight is 570 g/mol. The summed E-state index contributed by atoms with van der Waals surface area (Å²) in [6, 6.07) is 3.74. The number of anilines is 1. The van der Waals surface area contributed by atoms with Crippen molar-refractivity contribution in [3.05, 3.63) is 42.0 Å². The van der Waals surface area contributed by atoms with Gasteiger partial charge in [0.2, 0.25) is 0 Å². The first-order valence-electron chi connectivity index (χ1n) is 11.2. The zero-order valence-corrected chi connectivity index (χ0v) is 21.6. The van der Waals surface area contributed by atoms with E-state index in [0.717, 1.165) is 49.2 Å². The fraction of sp³-hybridized carbons (Fsp3) is 0.500. The van der Waals surface area contributed by atoms with Gasteiger partial charge >= 0.3 is 0 Å². The maximum absolute atomic E-state index is 13.9. The highest BCUT2D eigenvalue weighted by atomic mass is 127. The predicted molar refractivity (Wildman–Crippen MR) is 138 cm³/mol. The van der Waals surface area contributed by atoms with E-state index in [4.69, 9.17) is 14.2 Å². The molecule has 180 valence electrons. The molecule has 9 heteroatoms. The zero-order chi connectivity index (χ0) is 23.6. The van der Waals surface area contributed by atoms with Crippen molar-refractivity contribution in [1.82, 2.24) is 14.9 Å². The Morgan fingerprint density at radius 3 is 2.82 bits per heavy atom. The first-order chi connectivity index (χ1) is 16.0. The Labute approximate surface area is 208 Å². The van der Waals surface area contributed by atoms with Gasteiger partial charge in [0.25, 0.3) is 0 Å². The molecule has 1 aromatic heterocycles. The highest BCUT2D eigenvalue weighted by Crippen LogP contribution is 2.35. The number of halogens is 2. The molecule has 33 heavy (non-hydrogen) atoms. The molecular formula is C24H32FIN4O3. The number of hydrogen-bond acceptors (Lipinski definition) is 7. The van der Waals surface area contributed by atoms with E-state index in [1.807, 2.05) is 25.1 Å². The van der Waals surface area contributed by atoms with Crippen LogP contribution in [0.25, 0.3) is 10.9 Å². The van der Waals surface area contributed by atoms with Gasteiger partial charge in [-0.2, -0.15) is 0 Å². The van der Waals surface area contributed by atoms with Crippen molar-refractivity contribution in [2.45, 2.75) is 25.8 Å². The van der Waals surface area contributed by atoms with Crippen LogP contribution in [0.3, 0.4) is 0 Å². The van der Waals surface area contributed by atoms with E-state index >= 15 is 0 Å². The molecule has 1 aromatic carbocycles. The molecule has 1 N–H and O–H groups in total. The van der Waals surface area contributed by atoms with Gasteiger partial charge in [-0.25, -0.2) is 14.4 Å². The molecule has 3 rings (SSSR count). The Balaban J connectivity index is 1.68. The second kappa shape index (κ2) is 13.0. The molecule has 0 aliphatic heterocycles. The average Bonchev–Trinajstić information content (AvgIpc) is 2.83. The number of fused-ring (bicyclic) bond motifs is 1. The van der Waals surface area contributed by atoms with Crippen LogP contribution in [0.4, 0.5) is 10.2 Å². The number of benzene rings is 1. The molecule has 1 aliphatic carbocycles. The molecular weight excluding hydrogens is 538 g/mol. The molecule has 0 radical (unpaired) electrons. The SMILES string of the molecule is CCOCCN(C)CCCOc1cc2c(NC3C=CC(F)=C(CI)C3)ncnc2cc1OC. The van der Waals surface area contributed by atoms with Crippen LogP contribution in [0, 0.1) is 0 Å². The summed E-state index contributed by atoms with van der Waals surface area (Å²) < 4.78 is 31.6. The van der Waals surface area contributed by atoms with E-state index in [1.54, 1.807) is 7.11 Å². The molecule has 7 nitrogen and oxygen atoms in total. The van der Waals surface area contributed by atoms with E-state index < -0.39 is 0 Å². The van der Waals surface area contributed by atoms with Gasteiger partial charge in [0.05, 0.1) is 31.9 Å². The number of alkyl halides is 1. The Morgan fingerprint density at radius 1 is 1.21 bits per heavy atom. The smallest absolute Gasteiger partial charge is 0.162 e. The van der Waals surface area contributed by atoms with Gasteiger partial charge in [-0.05, 0) is 44.5 Å². The summed E-state index contributed by atoms with van der Waals surface area (Å²) in [6.45, 7) is 5.85. The predicted octanol–water partition coefficient (Wildman–Crippen LogP) is 4.77. The molecule has 1 aliphatic rings. The van der Waals surface area contributed by atoms with Crippen LogP contribution in [-0.4, -0.2) is 72.4 Å². The maximum Gasteiger partial charge on any atom is 0.162 e. The number of methoxy groups -OCH3 is 1. The van der Waals surface area contributed by atoms with Crippen LogP contribution in [0.5, 0.6) is 11.5 Å². The summed E-state index contributed by atoms with van der Waals surface area (Å²) in [5.41, 5.74) is 1.55. The van der Waals surface area contributed by atoms with Gasteiger partial charge < -0.3 is 24.4 Å². The molecule has 0 fully saturated rings. The molecule has 0 amide bonds. The molecule has 2 aromatic rings. The number of hydrogen-bond donors (Lipinski definition) is 1. The summed E-state index contributed by atoms with van der Waals surface area (Å²) in [7, 11) is 3.70. The van der Waals surface area contributed by atoms with E-state index in [1.165, 1.54) is 12.4 Å². The first-order valence-corrected chi connectivity index (χ1v) is 12.7. The fourth-order valence-corrected chi connectivity index (χ4v) is 4.26. The van der Waals surface area contributed by atoms with Crippen LogP contribution in [0.2, 0.25) is 0 Å². The van der Waals surface area contributed by atoms with Crippen LogP contribution < -0.4 is 14.8 Å². The summed E-state index contributed by atoms with van der Waals surface area (Å²) in [6.07, 6.45) is 6.37. The van der Waals surface area contributed by atoms with Crippen molar-refractivity contribution in [3.63, 3.8) is 0 Å². The number of allylic oxidation sites excluding steroid dienone is 2. The van der Waals surface area contributed by atoms with Gasteiger partial charge in [0, 0.05) is 35.6 Å². The number of likely N-dealkylation sites (N-methyl/N-ethyl adjacent to an activating group) is 1. The topological polar surface area (TPSA) is 68.7 Å². The van der Waals surface area contributed by atoms with Crippen LogP contribution in [0.1, 0.15) is 19.8 Å². The second-order valence-electron chi connectivity index (χ2n) is 7.84. The molecule has 0 bridgehead atoms. The van der Waals surface area contributed by atoms with Gasteiger partial charge in [-0.15, -0.1) is 0 Å². The molecule has 1 unspecified atom stereocenters. The highest BCUT2D eigenvalue weighted by Gasteiger charge is 2.18. The van der Waals surface area contributed by atoms with E-state index in [9.17, 15) is 4.39 Å². The van der Waals surface area contributed by atoms with Crippen molar-refractivity contribution >= 4 is 39.3 Å².